The number of carbonyl (C=O) groups excluding carboxylic acids is 1. The molecule has 0 bridgehead atoms. The topological polar surface area (TPSA) is 90.4 Å². The number of aromatic amines is 1. The van der Waals surface area contributed by atoms with Gasteiger partial charge in [0.1, 0.15) is 0 Å². The zero-order valence-corrected chi connectivity index (χ0v) is 11.6. The summed E-state index contributed by atoms with van der Waals surface area (Å²) in [7, 11) is 0. The normalized spacial score (nSPS) is 10.5. The van der Waals surface area contributed by atoms with E-state index in [-0.39, 0.29) is 19.8 Å². The summed E-state index contributed by atoms with van der Waals surface area (Å²) in [5.41, 5.74) is -0.0588. The molecule has 112 valence electrons. The average molecular weight is 292 g/mol. The van der Waals surface area contributed by atoms with E-state index in [9.17, 15) is 14.4 Å². The molecule has 0 radical (unpaired) electrons. The van der Waals surface area contributed by atoms with Crippen LogP contribution in [0.25, 0.3) is 11.0 Å². The predicted molar refractivity (Wildman–Crippen MR) is 76.4 cm³/mol. The van der Waals surface area contributed by atoms with Gasteiger partial charge in [-0.25, -0.2) is 4.79 Å². The summed E-state index contributed by atoms with van der Waals surface area (Å²) in [4.78, 5) is 37.0. The first-order valence-corrected chi connectivity index (χ1v) is 6.65. The lowest BCUT2D eigenvalue weighted by molar-refractivity contribution is 0.0575. The van der Waals surface area contributed by atoms with Crippen LogP contribution in [0.3, 0.4) is 0 Å². The van der Waals surface area contributed by atoms with Crippen LogP contribution in [0.2, 0.25) is 0 Å². The molecule has 0 atom stereocenters. The Morgan fingerprint density at radius 1 is 1.24 bits per heavy atom. The minimum atomic E-state index is -0.736. The highest BCUT2D eigenvalue weighted by Crippen LogP contribution is 2.07. The van der Waals surface area contributed by atoms with Crippen molar-refractivity contribution in [3.63, 3.8) is 0 Å². The zero-order valence-electron chi connectivity index (χ0n) is 11.6. The molecule has 1 aromatic carbocycles. The average Bonchev–Trinajstić information content (AvgIpc) is 2.47. The fourth-order valence-electron chi connectivity index (χ4n) is 1.98. The van der Waals surface area contributed by atoms with Crippen molar-refractivity contribution in [2.45, 2.75) is 19.9 Å². The Hall–Kier alpha value is -2.57. The number of hydrogen-bond acceptors (Lipinski definition) is 5. The number of para-hydroxylation sites is 2. The lowest BCUT2D eigenvalue weighted by Crippen LogP contribution is -2.36. The number of aryl methyl sites for hydroxylation is 1. The summed E-state index contributed by atoms with van der Waals surface area (Å²) in [6.07, 6.45) is -0.327. The van der Waals surface area contributed by atoms with Crippen molar-refractivity contribution in [3.05, 3.63) is 45.0 Å². The standard InChI is InChI=1S/C14H16N2O5/c1-2-20-14(19)21-9-5-8-16-11-7-4-3-6-10(11)15-12(17)13(16)18/h3-4,6-7H,2,5,8-9H2,1H3,(H,15,17). The van der Waals surface area contributed by atoms with Crippen LogP contribution in [-0.4, -0.2) is 28.9 Å². The van der Waals surface area contributed by atoms with Gasteiger partial charge in [-0.1, -0.05) is 12.1 Å². The van der Waals surface area contributed by atoms with Gasteiger partial charge in [0.15, 0.2) is 0 Å². The largest absolute Gasteiger partial charge is 0.508 e. The van der Waals surface area contributed by atoms with Crippen LogP contribution in [-0.2, 0) is 16.0 Å². The summed E-state index contributed by atoms with van der Waals surface area (Å²) >= 11 is 0. The highest BCUT2D eigenvalue weighted by molar-refractivity contribution is 5.74. The van der Waals surface area contributed by atoms with Gasteiger partial charge < -0.3 is 19.0 Å². The molecule has 0 unspecified atom stereocenters. The molecular weight excluding hydrogens is 276 g/mol. The van der Waals surface area contributed by atoms with E-state index in [1.165, 1.54) is 4.57 Å². The Balaban J connectivity index is 2.11. The van der Waals surface area contributed by atoms with E-state index < -0.39 is 17.3 Å². The first-order chi connectivity index (χ1) is 10.1. The molecule has 1 heterocycles. The Bertz CT molecular complexity index is 747. The van der Waals surface area contributed by atoms with E-state index in [4.69, 9.17) is 4.74 Å². The lowest BCUT2D eigenvalue weighted by Gasteiger charge is -2.09. The summed E-state index contributed by atoms with van der Waals surface area (Å²) in [5.74, 6) is 0. The molecule has 0 fully saturated rings. The third kappa shape index (κ3) is 3.50. The van der Waals surface area contributed by atoms with Crippen molar-refractivity contribution in [3.8, 4) is 0 Å². The monoisotopic (exact) mass is 292 g/mol. The van der Waals surface area contributed by atoms with Gasteiger partial charge in [0.2, 0.25) is 0 Å². The van der Waals surface area contributed by atoms with E-state index in [0.717, 1.165) is 0 Å². The van der Waals surface area contributed by atoms with E-state index in [1.807, 2.05) is 0 Å². The third-order valence-corrected chi connectivity index (χ3v) is 2.89. The van der Waals surface area contributed by atoms with Gasteiger partial charge in [-0.3, -0.25) is 9.59 Å². The number of ether oxygens (including phenoxy) is 2. The maximum atomic E-state index is 11.9. The smallest absolute Gasteiger partial charge is 0.435 e. The molecule has 1 aromatic heterocycles. The number of nitrogens with one attached hydrogen (secondary N) is 1. The second-order valence-corrected chi connectivity index (χ2v) is 4.31. The van der Waals surface area contributed by atoms with Crippen molar-refractivity contribution < 1.29 is 14.3 Å². The van der Waals surface area contributed by atoms with Gasteiger partial charge in [-0.15, -0.1) is 0 Å². The Morgan fingerprint density at radius 2 is 2.00 bits per heavy atom. The molecule has 0 aliphatic rings. The number of aromatic nitrogens is 2. The van der Waals surface area contributed by atoms with Gasteiger partial charge in [0.25, 0.3) is 0 Å². The minimum Gasteiger partial charge on any atom is -0.435 e. The summed E-state index contributed by atoms with van der Waals surface area (Å²) in [6, 6.07) is 7.03. The number of carbonyl (C=O) groups is 1. The fraction of sp³-hybridized carbons (Fsp3) is 0.357. The molecule has 2 aromatic rings. The molecule has 0 saturated heterocycles. The van der Waals surface area contributed by atoms with Crippen LogP contribution < -0.4 is 11.1 Å². The minimum absolute atomic E-state index is 0.117. The van der Waals surface area contributed by atoms with E-state index in [0.29, 0.717) is 17.5 Å². The predicted octanol–water partition coefficient (Wildman–Crippen LogP) is 1.25. The number of hydrogen-bond donors (Lipinski definition) is 1. The van der Waals surface area contributed by atoms with Gasteiger partial charge >= 0.3 is 17.3 Å². The van der Waals surface area contributed by atoms with Crippen LogP contribution in [0, 0.1) is 0 Å². The molecule has 1 N–H and O–H groups in total. The van der Waals surface area contributed by atoms with Crippen molar-refractivity contribution in [1.82, 2.24) is 9.55 Å². The summed E-state index contributed by atoms with van der Waals surface area (Å²) in [5, 5.41) is 0. The molecule has 7 heteroatoms. The van der Waals surface area contributed by atoms with E-state index >= 15 is 0 Å². The van der Waals surface area contributed by atoms with Crippen LogP contribution in [0.1, 0.15) is 13.3 Å². The number of nitrogens with zero attached hydrogens (tertiary/aromatic N) is 1. The van der Waals surface area contributed by atoms with Crippen LogP contribution in [0.15, 0.2) is 33.9 Å². The molecule has 0 spiro atoms. The number of fused-ring (bicyclic) bond motifs is 1. The summed E-state index contributed by atoms with van der Waals surface area (Å²) in [6.45, 7) is 2.33. The van der Waals surface area contributed by atoms with E-state index in [2.05, 4.69) is 9.72 Å². The maximum Gasteiger partial charge on any atom is 0.508 e. The van der Waals surface area contributed by atoms with Crippen molar-refractivity contribution in [1.29, 1.82) is 0 Å². The van der Waals surface area contributed by atoms with Crippen molar-refractivity contribution >= 4 is 17.2 Å². The molecular formula is C14H16N2O5. The quantitative estimate of drug-likeness (QED) is 0.509. The van der Waals surface area contributed by atoms with Crippen molar-refractivity contribution in [2.24, 2.45) is 0 Å². The zero-order chi connectivity index (χ0) is 15.2. The molecule has 0 amide bonds. The molecule has 7 nitrogen and oxygen atoms in total. The number of rotatable bonds is 5. The molecule has 2 rings (SSSR count). The molecule has 0 saturated carbocycles. The van der Waals surface area contributed by atoms with Gasteiger partial charge in [-0.05, 0) is 25.5 Å². The van der Waals surface area contributed by atoms with Gasteiger partial charge in [0.05, 0.1) is 24.2 Å². The van der Waals surface area contributed by atoms with Gasteiger partial charge in [0, 0.05) is 6.54 Å². The first-order valence-electron chi connectivity index (χ1n) is 6.65. The van der Waals surface area contributed by atoms with Crippen LogP contribution >= 0.6 is 0 Å². The third-order valence-electron chi connectivity index (χ3n) is 2.89. The fourth-order valence-corrected chi connectivity index (χ4v) is 1.98. The number of benzene rings is 1. The molecule has 0 aliphatic carbocycles. The van der Waals surface area contributed by atoms with E-state index in [1.54, 1.807) is 31.2 Å². The SMILES string of the molecule is CCOC(=O)OCCCn1c(=O)c(=O)[nH]c2ccccc21. The van der Waals surface area contributed by atoms with Gasteiger partial charge in [-0.2, -0.15) is 0 Å². The van der Waals surface area contributed by atoms with Crippen LogP contribution in [0.5, 0.6) is 0 Å². The highest BCUT2D eigenvalue weighted by atomic mass is 16.7. The second kappa shape index (κ2) is 6.74. The Morgan fingerprint density at radius 3 is 2.76 bits per heavy atom. The first kappa shape index (κ1) is 14.8. The molecule has 0 aliphatic heterocycles. The molecule has 21 heavy (non-hydrogen) atoms. The highest BCUT2D eigenvalue weighted by Gasteiger charge is 2.07. The lowest BCUT2D eigenvalue weighted by atomic mass is 10.3. The van der Waals surface area contributed by atoms with Crippen molar-refractivity contribution in [2.75, 3.05) is 13.2 Å². The maximum absolute atomic E-state index is 11.9. The summed E-state index contributed by atoms with van der Waals surface area (Å²) < 4.78 is 10.8. The van der Waals surface area contributed by atoms with Crippen LogP contribution in [0.4, 0.5) is 4.79 Å². The number of H-pyrrole nitrogens is 1. The second-order valence-electron chi connectivity index (χ2n) is 4.31. The Labute approximate surface area is 120 Å². The Kier molecular flexibility index (Phi) is 4.76.